The van der Waals surface area contributed by atoms with Crippen molar-refractivity contribution in [1.29, 1.82) is 0 Å². The summed E-state index contributed by atoms with van der Waals surface area (Å²) in [5.41, 5.74) is -0.650. The molecule has 0 radical (unpaired) electrons. The van der Waals surface area contributed by atoms with Crippen molar-refractivity contribution < 1.29 is 18.8 Å². The van der Waals surface area contributed by atoms with Crippen LogP contribution in [0.5, 0.6) is 0 Å². The van der Waals surface area contributed by atoms with Crippen molar-refractivity contribution in [2.45, 2.75) is 25.7 Å². The quantitative estimate of drug-likeness (QED) is 0.467. The molecular weight excluding hydrogens is 253 g/mol. The Morgan fingerprint density at radius 3 is 2.74 bits per heavy atom. The molecule has 1 aromatic carbocycles. The van der Waals surface area contributed by atoms with E-state index in [4.69, 9.17) is 4.74 Å². The van der Waals surface area contributed by atoms with Gasteiger partial charge >= 0.3 is 11.7 Å². The van der Waals surface area contributed by atoms with Crippen molar-refractivity contribution in [3.05, 3.63) is 39.7 Å². The van der Waals surface area contributed by atoms with Crippen molar-refractivity contribution in [3.8, 4) is 0 Å². The van der Waals surface area contributed by atoms with Crippen molar-refractivity contribution in [2.75, 3.05) is 6.61 Å². The highest BCUT2D eigenvalue weighted by Crippen LogP contribution is 2.29. The van der Waals surface area contributed by atoms with E-state index in [0.717, 1.165) is 18.6 Å². The summed E-state index contributed by atoms with van der Waals surface area (Å²) in [7, 11) is 0. The van der Waals surface area contributed by atoms with Crippen LogP contribution in [0.3, 0.4) is 0 Å². The second kappa shape index (κ2) is 5.77. The third-order valence-electron chi connectivity index (χ3n) is 3.36. The summed E-state index contributed by atoms with van der Waals surface area (Å²) in [6, 6.07) is 3.01. The standard InChI is InChI=1S/C13H14FNO4/c14-11-8-10(4-5-12(11)15(17)18)13(16)19-7-6-9-2-1-3-9/h4-5,8-9H,1-3,6-7H2. The molecule has 5 nitrogen and oxygen atoms in total. The van der Waals surface area contributed by atoms with Gasteiger partial charge in [0.25, 0.3) is 0 Å². The minimum Gasteiger partial charge on any atom is -0.462 e. The molecule has 0 amide bonds. The average molecular weight is 267 g/mol. The van der Waals surface area contributed by atoms with Crippen LogP contribution in [-0.4, -0.2) is 17.5 Å². The molecule has 0 N–H and O–H groups in total. The fourth-order valence-corrected chi connectivity index (χ4v) is 1.97. The van der Waals surface area contributed by atoms with E-state index in [1.807, 2.05) is 0 Å². The molecule has 102 valence electrons. The molecule has 1 aliphatic rings. The zero-order valence-corrected chi connectivity index (χ0v) is 10.3. The predicted molar refractivity (Wildman–Crippen MR) is 65.3 cm³/mol. The molecule has 1 fully saturated rings. The first-order valence-electron chi connectivity index (χ1n) is 6.19. The number of esters is 1. The number of nitro benzene ring substituents is 1. The molecule has 0 bridgehead atoms. The van der Waals surface area contributed by atoms with Crippen LogP contribution in [0.15, 0.2) is 18.2 Å². The van der Waals surface area contributed by atoms with Gasteiger partial charge in [-0.2, -0.15) is 4.39 Å². The number of hydrogen-bond donors (Lipinski definition) is 0. The van der Waals surface area contributed by atoms with E-state index in [-0.39, 0.29) is 5.56 Å². The molecule has 1 saturated carbocycles. The van der Waals surface area contributed by atoms with E-state index < -0.39 is 22.4 Å². The highest BCUT2D eigenvalue weighted by atomic mass is 19.1. The second-order valence-electron chi connectivity index (χ2n) is 4.64. The Labute approximate surface area is 109 Å². The number of rotatable bonds is 5. The lowest BCUT2D eigenvalue weighted by Crippen LogP contribution is -2.15. The normalized spacial score (nSPS) is 14.8. The van der Waals surface area contributed by atoms with Gasteiger partial charge in [-0.15, -0.1) is 0 Å². The first-order chi connectivity index (χ1) is 9.08. The Morgan fingerprint density at radius 1 is 1.47 bits per heavy atom. The predicted octanol–water partition coefficient (Wildman–Crippen LogP) is 3.08. The Balaban J connectivity index is 1.91. The van der Waals surface area contributed by atoms with Crippen LogP contribution in [0.1, 0.15) is 36.0 Å². The third-order valence-corrected chi connectivity index (χ3v) is 3.36. The highest BCUT2D eigenvalue weighted by molar-refractivity contribution is 5.89. The largest absolute Gasteiger partial charge is 0.462 e. The molecule has 0 unspecified atom stereocenters. The molecule has 19 heavy (non-hydrogen) atoms. The maximum absolute atomic E-state index is 13.3. The van der Waals surface area contributed by atoms with Gasteiger partial charge in [0, 0.05) is 6.07 Å². The molecule has 1 aromatic rings. The summed E-state index contributed by atoms with van der Waals surface area (Å²) in [5.74, 6) is -1.05. The molecule has 0 saturated heterocycles. The van der Waals surface area contributed by atoms with Gasteiger partial charge in [0.05, 0.1) is 17.1 Å². The van der Waals surface area contributed by atoms with Gasteiger partial charge in [0.1, 0.15) is 0 Å². The minimum atomic E-state index is -1.03. The molecule has 6 heteroatoms. The van der Waals surface area contributed by atoms with Crippen molar-refractivity contribution in [1.82, 2.24) is 0 Å². The smallest absolute Gasteiger partial charge is 0.338 e. The number of carbonyl (C=O) groups is 1. The number of carbonyl (C=O) groups excluding carboxylic acids is 1. The van der Waals surface area contributed by atoms with Gasteiger partial charge in [-0.05, 0) is 24.5 Å². The Kier molecular flexibility index (Phi) is 4.09. The van der Waals surface area contributed by atoms with Gasteiger partial charge < -0.3 is 4.74 Å². The Bertz CT molecular complexity index is 499. The van der Waals surface area contributed by atoms with Gasteiger partial charge in [0.15, 0.2) is 0 Å². The number of ether oxygens (including phenoxy) is 1. The zero-order chi connectivity index (χ0) is 13.8. The van der Waals surface area contributed by atoms with Crippen LogP contribution in [0.4, 0.5) is 10.1 Å². The molecule has 0 aliphatic heterocycles. The van der Waals surface area contributed by atoms with Gasteiger partial charge in [-0.25, -0.2) is 4.79 Å². The van der Waals surface area contributed by atoms with E-state index in [0.29, 0.717) is 12.5 Å². The first kappa shape index (κ1) is 13.5. The van der Waals surface area contributed by atoms with E-state index >= 15 is 0 Å². The molecule has 2 rings (SSSR count). The Hall–Kier alpha value is -1.98. The van der Waals surface area contributed by atoms with Crippen LogP contribution in [-0.2, 0) is 4.74 Å². The SMILES string of the molecule is O=C(OCCC1CCC1)c1ccc([N+](=O)[O-])c(F)c1. The van der Waals surface area contributed by atoms with Gasteiger partial charge in [-0.3, -0.25) is 10.1 Å². The van der Waals surface area contributed by atoms with Crippen LogP contribution in [0, 0.1) is 21.8 Å². The molecule has 0 spiro atoms. The maximum Gasteiger partial charge on any atom is 0.338 e. The van der Waals surface area contributed by atoms with Crippen LogP contribution >= 0.6 is 0 Å². The number of halogens is 1. The van der Waals surface area contributed by atoms with Crippen LogP contribution < -0.4 is 0 Å². The highest BCUT2D eigenvalue weighted by Gasteiger charge is 2.19. The summed E-state index contributed by atoms with van der Waals surface area (Å²) in [4.78, 5) is 21.2. The van der Waals surface area contributed by atoms with E-state index in [2.05, 4.69) is 0 Å². The second-order valence-corrected chi connectivity index (χ2v) is 4.64. The number of hydrogen-bond acceptors (Lipinski definition) is 4. The van der Waals surface area contributed by atoms with E-state index in [1.54, 1.807) is 0 Å². The third kappa shape index (κ3) is 3.27. The molecule has 0 atom stereocenters. The fraction of sp³-hybridized carbons (Fsp3) is 0.462. The van der Waals surface area contributed by atoms with Crippen molar-refractivity contribution in [3.63, 3.8) is 0 Å². The zero-order valence-electron chi connectivity index (χ0n) is 10.3. The maximum atomic E-state index is 13.3. The number of benzene rings is 1. The lowest BCUT2D eigenvalue weighted by Gasteiger charge is -2.24. The topological polar surface area (TPSA) is 69.4 Å². The number of nitrogens with zero attached hydrogens (tertiary/aromatic N) is 1. The summed E-state index contributed by atoms with van der Waals surface area (Å²) in [6.07, 6.45) is 4.39. The van der Waals surface area contributed by atoms with Crippen molar-refractivity contribution in [2.24, 2.45) is 5.92 Å². The Morgan fingerprint density at radius 2 is 2.21 bits per heavy atom. The lowest BCUT2D eigenvalue weighted by atomic mass is 9.83. The lowest BCUT2D eigenvalue weighted by molar-refractivity contribution is -0.387. The molecular formula is C13H14FNO4. The summed E-state index contributed by atoms with van der Waals surface area (Å²) in [6.45, 7) is 0.308. The summed E-state index contributed by atoms with van der Waals surface area (Å²) in [5, 5.41) is 10.4. The average Bonchev–Trinajstić information content (AvgIpc) is 2.31. The number of nitro groups is 1. The molecule has 1 aliphatic carbocycles. The monoisotopic (exact) mass is 267 g/mol. The van der Waals surface area contributed by atoms with Crippen LogP contribution in [0.25, 0.3) is 0 Å². The van der Waals surface area contributed by atoms with E-state index in [9.17, 15) is 19.3 Å². The van der Waals surface area contributed by atoms with Gasteiger partial charge in [-0.1, -0.05) is 19.3 Å². The molecule has 0 heterocycles. The van der Waals surface area contributed by atoms with Gasteiger partial charge in [0.2, 0.25) is 5.82 Å². The minimum absolute atomic E-state index is 0.00305. The van der Waals surface area contributed by atoms with E-state index in [1.165, 1.54) is 25.3 Å². The summed E-state index contributed by atoms with van der Waals surface area (Å²) < 4.78 is 18.3. The molecule has 0 aromatic heterocycles. The first-order valence-corrected chi connectivity index (χ1v) is 6.19. The fourth-order valence-electron chi connectivity index (χ4n) is 1.97. The summed E-state index contributed by atoms with van der Waals surface area (Å²) >= 11 is 0. The van der Waals surface area contributed by atoms with Crippen LogP contribution in [0.2, 0.25) is 0 Å². The van der Waals surface area contributed by atoms with Crippen molar-refractivity contribution >= 4 is 11.7 Å².